The Morgan fingerprint density at radius 1 is 1.18 bits per heavy atom. The van der Waals surface area contributed by atoms with E-state index in [2.05, 4.69) is 75.4 Å². The van der Waals surface area contributed by atoms with Crippen LogP contribution in [0.2, 0.25) is 0 Å². The molecule has 0 spiro atoms. The van der Waals surface area contributed by atoms with Gasteiger partial charge in [0.25, 0.3) is 0 Å². The lowest BCUT2D eigenvalue weighted by molar-refractivity contribution is -0.137. The zero-order valence-corrected chi connectivity index (χ0v) is 17.9. The van der Waals surface area contributed by atoms with Crippen molar-refractivity contribution in [3.63, 3.8) is 0 Å². The smallest absolute Gasteiger partial charge is 0.303 e. The Morgan fingerprint density at radius 3 is 2.64 bits per heavy atom. The van der Waals surface area contributed by atoms with E-state index in [9.17, 15) is 4.79 Å². The number of rotatable bonds is 11. The second-order valence-corrected chi connectivity index (χ2v) is 8.81. The number of benzene rings is 1. The molecule has 0 heterocycles. The summed E-state index contributed by atoms with van der Waals surface area (Å²) in [5.74, 6) is 2.79. The molecule has 5 atom stereocenters. The lowest BCUT2D eigenvalue weighted by atomic mass is 9.84. The molecule has 1 saturated carbocycles. The predicted octanol–water partition coefficient (Wildman–Crippen LogP) is 6.92. The van der Waals surface area contributed by atoms with Crippen molar-refractivity contribution in [1.29, 1.82) is 0 Å². The highest BCUT2D eigenvalue weighted by atomic mass is 16.4. The molecule has 1 N–H and O–H groups in total. The first kappa shape index (κ1) is 22.5. The van der Waals surface area contributed by atoms with Crippen LogP contribution in [0.1, 0.15) is 64.9 Å². The van der Waals surface area contributed by atoms with Crippen LogP contribution in [-0.4, -0.2) is 11.1 Å². The molecule has 0 bridgehead atoms. The third-order valence-corrected chi connectivity index (χ3v) is 6.36. The van der Waals surface area contributed by atoms with Gasteiger partial charge in [0.2, 0.25) is 0 Å². The van der Waals surface area contributed by atoms with Crippen molar-refractivity contribution in [1.82, 2.24) is 0 Å². The fraction of sp³-hybridized carbons (Fsp3) is 0.577. The highest BCUT2D eigenvalue weighted by Crippen LogP contribution is 2.44. The molecule has 1 aromatic rings. The lowest BCUT2D eigenvalue weighted by Gasteiger charge is -2.21. The third-order valence-electron chi connectivity index (χ3n) is 6.36. The summed E-state index contributed by atoms with van der Waals surface area (Å²) in [7, 11) is 0. The number of aliphatic carboxylic acids is 1. The number of hydrogen-bond acceptors (Lipinski definition) is 1. The number of aryl methyl sites for hydroxylation is 1. The van der Waals surface area contributed by atoms with Crippen LogP contribution < -0.4 is 0 Å². The van der Waals surface area contributed by atoms with E-state index in [1.807, 2.05) is 0 Å². The summed E-state index contributed by atoms with van der Waals surface area (Å²) >= 11 is 0. The van der Waals surface area contributed by atoms with Crippen LogP contribution in [0, 0.1) is 29.6 Å². The molecule has 1 aliphatic rings. The molecule has 0 saturated heterocycles. The maximum Gasteiger partial charge on any atom is 0.303 e. The topological polar surface area (TPSA) is 37.3 Å². The fourth-order valence-electron chi connectivity index (χ4n) is 4.64. The van der Waals surface area contributed by atoms with Gasteiger partial charge in [0.1, 0.15) is 0 Å². The molecule has 1 aliphatic carbocycles. The SMILES string of the molecule is CC(/C=C/C1C(C)CC(C)C1C/C=C/CCCC(=O)O)CCc1ccccc1. The number of allylic oxidation sites excluding steroid dienone is 4. The molecule has 0 aliphatic heterocycles. The Morgan fingerprint density at radius 2 is 1.93 bits per heavy atom. The molecular formula is C26H38O2. The molecule has 0 aromatic heterocycles. The van der Waals surface area contributed by atoms with Crippen LogP contribution in [0.3, 0.4) is 0 Å². The van der Waals surface area contributed by atoms with E-state index in [0.717, 1.165) is 37.5 Å². The van der Waals surface area contributed by atoms with E-state index in [1.165, 1.54) is 18.4 Å². The van der Waals surface area contributed by atoms with Gasteiger partial charge >= 0.3 is 5.97 Å². The van der Waals surface area contributed by atoms with Gasteiger partial charge in [-0.3, -0.25) is 4.79 Å². The summed E-state index contributed by atoms with van der Waals surface area (Å²) in [4.78, 5) is 10.6. The first-order chi connectivity index (χ1) is 13.5. The molecule has 1 fully saturated rings. The zero-order valence-electron chi connectivity index (χ0n) is 17.9. The minimum Gasteiger partial charge on any atom is -0.481 e. The normalized spacial score (nSPS) is 26.2. The Hall–Kier alpha value is -1.83. The molecule has 1 aromatic carbocycles. The number of unbranched alkanes of at least 4 members (excludes halogenated alkanes) is 1. The number of carboxylic acids is 1. The van der Waals surface area contributed by atoms with Gasteiger partial charge in [-0.2, -0.15) is 0 Å². The average Bonchev–Trinajstić information content (AvgIpc) is 2.94. The lowest BCUT2D eigenvalue weighted by Crippen LogP contribution is -2.13. The van der Waals surface area contributed by atoms with E-state index in [1.54, 1.807) is 0 Å². The van der Waals surface area contributed by atoms with Crippen LogP contribution in [0.25, 0.3) is 0 Å². The summed E-state index contributed by atoms with van der Waals surface area (Å²) in [5, 5.41) is 8.72. The number of hydrogen-bond donors (Lipinski definition) is 1. The molecular weight excluding hydrogens is 344 g/mol. The first-order valence-electron chi connectivity index (χ1n) is 11.1. The van der Waals surface area contributed by atoms with Crippen molar-refractivity contribution >= 4 is 5.97 Å². The van der Waals surface area contributed by atoms with Crippen molar-refractivity contribution < 1.29 is 9.90 Å². The Balaban J connectivity index is 1.82. The number of carbonyl (C=O) groups is 1. The van der Waals surface area contributed by atoms with Gasteiger partial charge < -0.3 is 5.11 Å². The fourth-order valence-corrected chi connectivity index (χ4v) is 4.64. The summed E-state index contributed by atoms with van der Waals surface area (Å²) < 4.78 is 0. The maximum absolute atomic E-state index is 10.6. The molecule has 154 valence electrons. The highest BCUT2D eigenvalue weighted by molar-refractivity contribution is 5.66. The van der Waals surface area contributed by atoms with Crippen molar-refractivity contribution in [3.05, 3.63) is 60.2 Å². The van der Waals surface area contributed by atoms with Crippen LogP contribution >= 0.6 is 0 Å². The minimum atomic E-state index is -0.696. The van der Waals surface area contributed by atoms with Crippen LogP contribution in [-0.2, 0) is 11.2 Å². The van der Waals surface area contributed by atoms with Gasteiger partial charge in [0.05, 0.1) is 0 Å². The van der Waals surface area contributed by atoms with Crippen LogP contribution in [0.5, 0.6) is 0 Å². The molecule has 0 radical (unpaired) electrons. The third kappa shape index (κ3) is 7.66. The van der Waals surface area contributed by atoms with Crippen molar-refractivity contribution in [2.75, 3.05) is 0 Å². The van der Waals surface area contributed by atoms with Crippen molar-refractivity contribution in [2.45, 2.75) is 65.7 Å². The van der Waals surface area contributed by atoms with E-state index < -0.39 is 5.97 Å². The molecule has 2 rings (SSSR count). The Kier molecular flexibility index (Phi) is 9.54. The van der Waals surface area contributed by atoms with Gasteiger partial charge in [0.15, 0.2) is 0 Å². The van der Waals surface area contributed by atoms with Crippen LogP contribution in [0.15, 0.2) is 54.6 Å². The largest absolute Gasteiger partial charge is 0.481 e. The van der Waals surface area contributed by atoms with Gasteiger partial charge in [-0.15, -0.1) is 0 Å². The van der Waals surface area contributed by atoms with E-state index in [0.29, 0.717) is 17.8 Å². The van der Waals surface area contributed by atoms with Gasteiger partial charge in [-0.25, -0.2) is 0 Å². The van der Waals surface area contributed by atoms with Gasteiger partial charge in [0, 0.05) is 6.42 Å². The monoisotopic (exact) mass is 382 g/mol. The second kappa shape index (κ2) is 11.9. The predicted molar refractivity (Wildman–Crippen MR) is 118 cm³/mol. The Bertz CT molecular complexity index is 631. The molecule has 28 heavy (non-hydrogen) atoms. The molecule has 2 nitrogen and oxygen atoms in total. The Labute approximate surface area is 171 Å². The zero-order chi connectivity index (χ0) is 20.4. The molecule has 2 heteroatoms. The quantitative estimate of drug-likeness (QED) is 0.333. The minimum absolute atomic E-state index is 0.271. The summed E-state index contributed by atoms with van der Waals surface area (Å²) in [6.45, 7) is 7.13. The summed E-state index contributed by atoms with van der Waals surface area (Å²) in [5.41, 5.74) is 1.43. The van der Waals surface area contributed by atoms with Crippen molar-refractivity contribution in [3.8, 4) is 0 Å². The van der Waals surface area contributed by atoms with Crippen LogP contribution in [0.4, 0.5) is 0 Å². The molecule has 5 unspecified atom stereocenters. The first-order valence-corrected chi connectivity index (χ1v) is 11.1. The van der Waals surface area contributed by atoms with E-state index in [4.69, 9.17) is 5.11 Å². The number of carboxylic acid groups (broad SMARTS) is 1. The highest BCUT2D eigenvalue weighted by Gasteiger charge is 2.36. The summed E-state index contributed by atoms with van der Waals surface area (Å²) in [6, 6.07) is 10.8. The second-order valence-electron chi connectivity index (χ2n) is 8.81. The van der Waals surface area contributed by atoms with Crippen molar-refractivity contribution in [2.24, 2.45) is 29.6 Å². The molecule has 0 amide bonds. The van der Waals surface area contributed by atoms with E-state index >= 15 is 0 Å². The average molecular weight is 383 g/mol. The van der Waals surface area contributed by atoms with E-state index in [-0.39, 0.29) is 6.42 Å². The van der Waals surface area contributed by atoms with Gasteiger partial charge in [-0.1, -0.05) is 75.4 Å². The van der Waals surface area contributed by atoms with Gasteiger partial charge in [-0.05, 0) is 73.7 Å². The summed E-state index contributed by atoms with van der Waals surface area (Å²) in [6.07, 6.45) is 16.1. The standard InChI is InChI=1S/C26H38O2/c1-20(15-17-23-11-7-6-8-12-23)16-18-25-22(3)19-21(2)24(25)13-9-4-5-10-14-26(27)28/h4,6-9,11-12,16,18,20-22,24-25H,5,10,13-15,17,19H2,1-3H3,(H,27,28)/b9-4+,18-16+. The maximum atomic E-state index is 10.6.